The molecule has 1 N–H and O–H groups in total. The topological polar surface area (TPSA) is 32.3 Å². The first-order valence-corrected chi connectivity index (χ1v) is 5.70. The van der Waals surface area contributed by atoms with Gasteiger partial charge in [-0.1, -0.05) is 13.8 Å². The number of nitrogens with one attached hydrogen (secondary N) is 1. The van der Waals surface area contributed by atoms with Crippen LogP contribution in [0.2, 0.25) is 0 Å². The lowest BCUT2D eigenvalue weighted by atomic mass is 9.71. The van der Waals surface area contributed by atoms with Crippen LogP contribution in [0.3, 0.4) is 0 Å². The lowest BCUT2D eigenvalue weighted by Gasteiger charge is -2.45. The third-order valence-electron chi connectivity index (χ3n) is 4.53. The molecule has 1 aliphatic heterocycles. The first-order valence-electron chi connectivity index (χ1n) is 5.70. The maximum atomic E-state index is 12.0. The molecule has 1 heterocycles. The van der Waals surface area contributed by atoms with Crippen LogP contribution in [0.4, 0.5) is 0 Å². The van der Waals surface area contributed by atoms with Crippen LogP contribution in [0.15, 0.2) is 0 Å². The van der Waals surface area contributed by atoms with E-state index in [1.54, 1.807) is 0 Å². The molecule has 3 unspecified atom stereocenters. The molecule has 1 saturated heterocycles. The standard InChI is InChI=1S/C11H18N2O/c1-7-5-9(8(7)2)13-6-12-11(3-4-11)10(13)14/h7-9,12H,3-6H2,1-2H3. The van der Waals surface area contributed by atoms with E-state index in [4.69, 9.17) is 0 Å². The Bertz CT molecular complexity index is 285. The van der Waals surface area contributed by atoms with Gasteiger partial charge >= 0.3 is 0 Å². The van der Waals surface area contributed by atoms with Crippen molar-refractivity contribution in [2.24, 2.45) is 11.8 Å². The summed E-state index contributed by atoms with van der Waals surface area (Å²) in [5, 5.41) is 3.37. The van der Waals surface area contributed by atoms with E-state index in [0.717, 1.165) is 25.4 Å². The van der Waals surface area contributed by atoms with E-state index in [0.29, 0.717) is 17.9 Å². The van der Waals surface area contributed by atoms with E-state index in [1.165, 1.54) is 6.42 Å². The van der Waals surface area contributed by atoms with Gasteiger partial charge < -0.3 is 4.90 Å². The lowest BCUT2D eigenvalue weighted by Crippen LogP contribution is -2.52. The zero-order valence-corrected chi connectivity index (χ0v) is 8.92. The van der Waals surface area contributed by atoms with E-state index < -0.39 is 0 Å². The second-order valence-electron chi connectivity index (χ2n) is 5.33. The molecule has 0 aromatic carbocycles. The van der Waals surface area contributed by atoms with Gasteiger partial charge in [0.1, 0.15) is 0 Å². The maximum Gasteiger partial charge on any atom is 0.244 e. The van der Waals surface area contributed by atoms with Gasteiger partial charge in [0.2, 0.25) is 5.91 Å². The fourth-order valence-corrected chi connectivity index (χ4v) is 2.85. The molecule has 0 aromatic rings. The minimum absolute atomic E-state index is 0.0987. The summed E-state index contributed by atoms with van der Waals surface area (Å²) in [4.78, 5) is 14.1. The Hall–Kier alpha value is -0.570. The van der Waals surface area contributed by atoms with Crippen LogP contribution in [-0.2, 0) is 4.79 Å². The molecule has 0 aromatic heterocycles. The van der Waals surface area contributed by atoms with E-state index in [1.807, 2.05) is 0 Å². The molecule has 3 aliphatic rings. The first kappa shape index (κ1) is 8.72. The van der Waals surface area contributed by atoms with E-state index in [2.05, 4.69) is 24.1 Å². The Morgan fingerprint density at radius 1 is 1.43 bits per heavy atom. The summed E-state index contributed by atoms with van der Waals surface area (Å²) in [6.07, 6.45) is 3.31. The van der Waals surface area contributed by atoms with Gasteiger partial charge in [0, 0.05) is 6.04 Å². The summed E-state index contributed by atoms with van der Waals surface area (Å²) in [7, 11) is 0. The third kappa shape index (κ3) is 0.937. The molecule has 3 atom stereocenters. The molecule has 3 fully saturated rings. The van der Waals surface area contributed by atoms with Gasteiger partial charge in [-0.05, 0) is 31.1 Å². The summed E-state index contributed by atoms with van der Waals surface area (Å²) < 4.78 is 0. The first-order chi connectivity index (χ1) is 6.64. The van der Waals surface area contributed by atoms with E-state index in [9.17, 15) is 4.79 Å². The SMILES string of the molecule is CC1CC(N2CNC3(CC3)C2=O)C1C. The molecule has 1 amide bonds. The number of rotatable bonds is 1. The number of carbonyl (C=O) groups excluding carboxylic acids is 1. The van der Waals surface area contributed by atoms with E-state index in [-0.39, 0.29) is 5.54 Å². The Kier molecular flexibility index (Phi) is 1.56. The molecule has 2 aliphatic carbocycles. The van der Waals surface area contributed by atoms with Crippen molar-refractivity contribution < 1.29 is 4.79 Å². The Morgan fingerprint density at radius 2 is 2.14 bits per heavy atom. The second kappa shape index (κ2) is 2.51. The fraction of sp³-hybridized carbons (Fsp3) is 0.909. The summed E-state index contributed by atoms with van der Waals surface area (Å²) in [6, 6.07) is 0.518. The largest absolute Gasteiger partial charge is 0.325 e. The van der Waals surface area contributed by atoms with Crippen molar-refractivity contribution >= 4 is 5.91 Å². The molecule has 14 heavy (non-hydrogen) atoms. The quantitative estimate of drug-likeness (QED) is 0.674. The molecule has 78 valence electrons. The van der Waals surface area contributed by atoms with Crippen molar-refractivity contribution in [3.8, 4) is 0 Å². The Labute approximate surface area is 84.8 Å². The number of carbonyl (C=O) groups is 1. The summed E-state index contributed by atoms with van der Waals surface area (Å²) in [6.45, 7) is 5.34. The van der Waals surface area contributed by atoms with Gasteiger partial charge in [-0.15, -0.1) is 0 Å². The zero-order valence-electron chi connectivity index (χ0n) is 8.92. The van der Waals surface area contributed by atoms with Crippen LogP contribution < -0.4 is 5.32 Å². The number of nitrogens with zero attached hydrogens (tertiary/aromatic N) is 1. The van der Waals surface area contributed by atoms with Crippen LogP contribution in [0.5, 0.6) is 0 Å². The number of hydrogen-bond acceptors (Lipinski definition) is 2. The van der Waals surface area contributed by atoms with Crippen molar-refractivity contribution in [2.75, 3.05) is 6.67 Å². The monoisotopic (exact) mass is 194 g/mol. The van der Waals surface area contributed by atoms with Crippen LogP contribution in [0.1, 0.15) is 33.1 Å². The van der Waals surface area contributed by atoms with Gasteiger partial charge in [-0.2, -0.15) is 0 Å². The number of amides is 1. The minimum Gasteiger partial charge on any atom is -0.325 e. The van der Waals surface area contributed by atoms with Crippen molar-refractivity contribution in [1.82, 2.24) is 10.2 Å². The summed E-state index contributed by atoms with van der Waals surface area (Å²) in [5.41, 5.74) is -0.0987. The van der Waals surface area contributed by atoms with Crippen LogP contribution in [0, 0.1) is 11.8 Å². The molecule has 1 spiro atoms. The predicted octanol–water partition coefficient (Wildman–Crippen LogP) is 0.953. The normalized spacial score (nSPS) is 44.3. The molecule has 0 radical (unpaired) electrons. The van der Waals surface area contributed by atoms with Crippen LogP contribution >= 0.6 is 0 Å². The molecule has 0 bridgehead atoms. The van der Waals surface area contributed by atoms with Gasteiger partial charge in [-0.25, -0.2) is 0 Å². The van der Waals surface area contributed by atoms with Gasteiger partial charge in [0.15, 0.2) is 0 Å². The van der Waals surface area contributed by atoms with Crippen LogP contribution in [0.25, 0.3) is 0 Å². The highest BCUT2D eigenvalue weighted by atomic mass is 16.2. The molecule has 3 nitrogen and oxygen atoms in total. The van der Waals surface area contributed by atoms with E-state index >= 15 is 0 Å². The van der Waals surface area contributed by atoms with Crippen molar-refractivity contribution in [1.29, 1.82) is 0 Å². The predicted molar refractivity (Wildman–Crippen MR) is 53.5 cm³/mol. The molecular formula is C11H18N2O. The van der Waals surface area contributed by atoms with Crippen LogP contribution in [-0.4, -0.2) is 29.1 Å². The molecule has 3 heteroatoms. The number of hydrogen-bond donors (Lipinski definition) is 1. The molecule has 3 rings (SSSR count). The minimum atomic E-state index is -0.0987. The van der Waals surface area contributed by atoms with Crippen molar-refractivity contribution in [2.45, 2.75) is 44.7 Å². The average molecular weight is 194 g/mol. The zero-order chi connectivity index (χ0) is 9.92. The maximum absolute atomic E-state index is 12.0. The summed E-state index contributed by atoms with van der Waals surface area (Å²) in [5.74, 6) is 1.86. The summed E-state index contributed by atoms with van der Waals surface area (Å²) >= 11 is 0. The highest BCUT2D eigenvalue weighted by molar-refractivity contribution is 5.91. The molecule has 2 saturated carbocycles. The second-order valence-corrected chi connectivity index (χ2v) is 5.33. The Morgan fingerprint density at radius 3 is 2.57 bits per heavy atom. The van der Waals surface area contributed by atoms with Crippen molar-refractivity contribution in [3.63, 3.8) is 0 Å². The lowest BCUT2D eigenvalue weighted by molar-refractivity contribution is -0.136. The highest BCUT2D eigenvalue weighted by Crippen LogP contribution is 2.45. The van der Waals surface area contributed by atoms with Gasteiger partial charge in [0.05, 0.1) is 12.2 Å². The Balaban J connectivity index is 1.73. The van der Waals surface area contributed by atoms with Gasteiger partial charge in [-0.3, -0.25) is 10.1 Å². The highest BCUT2D eigenvalue weighted by Gasteiger charge is 2.58. The average Bonchev–Trinajstić information content (AvgIpc) is 2.90. The van der Waals surface area contributed by atoms with Gasteiger partial charge in [0.25, 0.3) is 0 Å². The fourth-order valence-electron chi connectivity index (χ4n) is 2.85. The smallest absolute Gasteiger partial charge is 0.244 e. The third-order valence-corrected chi connectivity index (χ3v) is 4.53. The van der Waals surface area contributed by atoms with Crippen molar-refractivity contribution in [3.05, 3.63) is 0 Å². The molecular weight excluding hydrogens is 176 g/mol.